The highest BCUT2D eigenvalue weighted by Gasteiger charge is 2.38. The fourth-order valence-corrected chi connectivity index (χ4v) is 7.42. The van der Waals surface area contributed by atoms with Gasteiger partial charge in [0, 0.05) is 15.9 Å². The molecule has 0 saturated carbocycles. The molecule has 0 unspecified atom stereocenters. The average Bonchev–Trinajstić information content (AvgIpc) is 2.87. The Morgan fingerprint density at radius 1 is 0.500 bits per heavy atom. The third-order valence-electron chi connectivity index (χ3n) is 6.16. The minimum atomic E-state index is -4.72. The van der Waals surface area contributed by atoms with E-state index in [2.05, 4.69) is 0 Å². The maximum absolute atomic E-state index is 15.1. The predicted octanol–water partition coefficient (Wildman–Crippen LogP) is 7.67. The summed E-state index contributed by atoms with van der Waals surface area (Å²) >= 11 is 0. The molecule has 0 saturated heterocycles. The lowest BCUT2D eigenvalue weighted by atomic mass is 10.0. The van der Waals surface area contributed by atoms with Crippen LogP contribution in [0.1, 0.15) is 11.1 Å². The van der Waals surface area contributed by atoms with Crippen LogP contribution in [-0.2, 0) is 16.9 Å². The molecular weight excluding hydrogens is 497 g/mol. The molecule has 0 radical (unpaired) electrons. The van der Waals surface area contributed by atoms with Crippen molar-refractivity contribution in [1.82, 2.24) is 0 Å². The van der Waals surface area contributed by atoms with Gasteiger partial charge < -0.3 is 4.57 Å². The van der Waals surface area contributed by atoms with Gasteiger partial charge in [0.05, 0.1) is 11.1 Å². The van der Waals surface area contributed by atoms with Crippen molar-refractivity contribution in [2.45, 2.75) is 12.4 Å². The van der Waals surface area contributed by atoms with Crippen LogP contribution < -0.4 is 15.9 Å². The molecular formula is C28H17F6OP. The molecule has 36 heavy (non-hydrogen) atoms. The van der Waals surface area contributed by atoms with Crippen molar-refractivity contribution in [2.24, 2.45) is 0 Å². The predicted molar refractivity (Wildman–Crippen MR) is 131 cm³/mol. The fourth-order valence-electron chi connectivity index (χ4n) is 4.48. The molecule has 0 aliphatic rings. The van der Waals surface area contributed by atoms with E-state index >= 15 is 4.57 Å². The van der Waals surface area contributed by atoms with Crippen LogP contribution in [0.15, 0.2) is 103 Å². The van der Waals surface area contributed by atoms with Crippen LogP contribution in [-0.4, -0.2) is 0 Å². The van der Waals surface area contributed by atoms with Crippen molar-refractivity contribution in [2.75, 3.05) is 0 Å². The standard InChI is InChI=1S/C28H17F6OP/c29-27(30,31)19-8-5-10-21(16-19)36(35,22-11-6-9-20(17-22)28(32,33)34)26-15-18-7-1-2-12-23(18)24-13-3-4-14-25(24)26/h1-17H. The second-order valence-electron chi connectivity index (χ2n) is 8.37. The maximum Gasteiger partial charge on any atom is 0.416 e. The summed E-state index contributed by atoms with van der Waals surface area (Å²) in [7, 11) is -4.22. The zero-order valence-electron chi connectivity index (χ0n) is 18.4. The van der Waals surface area contributed by atoms with E-state index < -0.39 is 30.6 Å². The molecule has 0 aromatic heterocycles. The Kier molecular flexibility index (Phi) is 5.72. The number of benzene rings is 5. The van der Waals surface area contributed by atoms with E-state index in [0.29, 0.717) is 16.2 Å². The van der Waals surface area contributed by atoms with Gasteiger partial charge in [-0.05, 0) is 51.9 Å². The summed E-state index contributed by atoms with van der Waals surface area (Å²) in [5, 5.41) is 2.48. The van der Waals surface area contributed by atoms with Crippen LogP contribution in [0, 0.1) is 0 Å². The van der Waals surface area contributed by atoms with Crippen LogP contribution in [0.4, 0.5) is 26.3 Å². The number of halogens is 6. The Hall–Kier alpha value is -3.57. The second-order valence-corrected chi connectivity index (χ2v) is 11.1. The first-order valence-electron chi connectivity index (χ1n) is 10.9. The molecule has 0 aliphatic heterocycles. The lowest BCUT2D eigenvalue weighted by Gasteiger charge is -2.24. The van der Waals surface area contributed by atoms with E-state index in [1.807, 2.05) is 12.1 Å². The normalized spacial score (nSPS) is 12.8. The first-order chi connectivity index (χ1) is 17.0. The summed E-state index contributed by atoms with van der Waals surface area (Å²) in [6, 6.07) is 23.8. The number of fused-ring (bicyclic) bond motifs is 3. The summed E-state index contributed by atoms with van der Waals surface area (Å²) in [4.78, 5) is 0. The van der Waals surface area contributed by atoms with Gasteiger partial charge >= 0.3 is 12.4 Å². The molecule has 0 N–H and O–H groups in total. The summed E-state index contributed by atoms with van der Waals surface area (Å²) in [6.07, 6.45) is -9.44. The van der Waals surface area contributed by atoms with Crippen molar-refractivity contribution >= 4 is 44.6 Å². The summed E-state index contributed by atoms with van der Waals surface area (Å²) in [5.41, 5.74) is -2.06. The van der Waals surface area contributed by atoms with Gasteiger partial charge in [-0.15, -0.1) is 0 Å². The molecule has 5 rings (SSSR count). The smallest absolute Gasteiger partial charge is 0.309 e. The topological polar surface area (TPSA) is 17.1 Å². The molecule has 5 aromatic rings. The zero-order chi connectivity index (χ0) is 25.7. The van der Waals surface area contributed by atoms with Crippen molar-refractivity contribution in [3.8, 4) is 0 Å². The number of hydrogen-bond acceptors (Lipinski definition) is 1. The summed E-state index contributed by atoms with van der Waals surface area (Å²) in [5.74, 6) is 0. The van der Waals surface area contributed by atoms with Crippen LogP contribution in [0.25, 0.3) is 21.5 Å². The molecule has 0 heterocycles. The number of alkyl halides is 6. The maximum atomic E-state index is 15.1. The molecule has 0 fully saturated rings. The molecule has 0 atom stereocenters. The molecule has 0 aliphatic carbocycles. The minimum Gasteiger partial charge on any atom is -0.309 e. The Labute approximate surface area is 202 Å². The zero-order valence-corrected chi connectivity index (χ0v) is 19.3. The van der Waals surface area contributed by atoms with E-state index in [0.717, 1.165) is 41.8 Å². The Morgan fingerprint density at radius 3 is 1.50 bits per heavy atom. The largest absolute Gasteiger partial charge is 0.416 e. The summed E-state index contributed by atoms with van der Waals surface area (Å²) in [6.45, 7) is 0. The number of rotatable bonds is 3. The second kappa shape index (κ2) is 8.52. The monoisotopic (exact) mass is 514 g/mol. The van der Waals surface area contributed by atoms with E-state index in [1.165, 1.54) is 12.1 Å². The Morgan fingerprint density at radius 2 is 0.972 bits per heavy atom. The first kappa shape index (κ1) is 24.1. The SMILES string of the molecule is O=P(c1cccc(C(F)(F)F)c1)(c1cccc(C(F)(F)F)c1)c1cc2ccccc2c2ccccc12. The van der Waals surface area contributed by atoms with Crippen LogP contribution in [0.3, 0.4) is 0 Å². The van der Waals surface area contributed by atoms with Gasteiger partial charge in [-0.2, -0.15) is 26.3 Å². The Balaban J connectivity index is 1.92. The van der Waals surface area contributed by atoms with Crippen LogP contribution in [0.5, 0.6) is 0 Å². The fraction of sp³-hybridized carbons (Fsp3) is 0.0714. The van der Waals surface area contributed by atoms with Crippen molar-refractivity contribution < 1.29 is 30.9 Å². The molecule has 5 aromatic carbocycles. The highest BCUT2D eigenvalue weighted by atomic mass is 31.2. The molecule has 0 bridgehead atoms. The van der Waals surface area contributed by atoms with Crippen LogP contribution >= 0.6 is 7.14 Å². The van der Waals surface area contributed by atoms with Crippen molar-refractivity contribution in [3.05, 3.63) is 114 Å². The molecule has 0 spiro atoms. The highest BCUT2D eigenvalue weighted by molar-refractivity contribution is 7.85. The van der Waals surface area contributed by atoms with Gasteiger partial charge in [0.25, 0.3) is 0 Å². The van der Waals surface area contributed by atoms with E-state index in [9.17, 15) is 26.3 Å². The highest BCUT2D eigenvalue weighted by Crippen LogP contribution is 2.47. The van der Waals surface area contributed by atoms with Gasteiger partial charge in [-0.25, -0.2) is 0 Å². The van der Waals surface area contributed by atoms with Crippen molar-refractivity contribution in [1.29, 1.82) is 0 Å². The molecule has 0 amide bonds. The quantitative estimate of drug-likeness (QED) is 0.137. The molecule has 1 nitrogen and oxygen atoms in total. The lowest BCUT2D eigenvalue weighted by molar-refractivity contribution is -0.138. The summed E-state index contributed by atoms with van der Waals surface area (Å²) < 4.78 is 96.7. The third kappa shape index (κ3) is 4.07. The lowest BCUT2D eigenvalue weighted by Crippen LogP contribution is -2.27. The number of hydrogen-bond donors (Lipinski definition) is 0. The minimum absolute atomic E-state index is 0.176. The van der Waals surface area contributed by atoms with E-state index in [4.69, 9.17) is 0 Å². The van der Waals surface area contributed by atoms with Gasteiger partial charge in [-0.3, -0.25) is 0 Å². The van der Waals surface area contributed by atoms with Gasteiger partial charge in [0.2, 0.25) is 0 Å². The van der Waals surface area contributed by atoms with Gasteiger partial charge in [0.1, 0.15) is 0 Å². The van der Waals surface area contributed by atoms with E-state index in [-0.39, 0.29) is 15.9 Å². The third-order valence-corrected chi connectivity index (χ3v) is 9.22. The molecule has 182 valence electrons. The Bertz CT molecular complexity index is 1590. The first-order valence-corrected chi connectivity index (χ1v) is 12.6. The van der Waals surface area contributed by atoms with Gasteiger partial charge in [-0.1, -0.05) is 72.8 Å². The van der Waals surface area contributed by atoms with E-state index in [1.54, 1.807) is 42.5 Å². The van der Waals surface area contributed by atoms with Crippen LogP contribution in [0.2, 0.25) is 0 Å². The van der Waals surface area contributed by atoms with Crippen molar-refractivity contribution in [3.63, 3.8) is 0 Å². The average molecular weight is 514 g/mol. The van der Waals surface area contributed by atoms with Gasteiger partial charge in [0.15, 0.2) is 7.14 Å². The molecule has 8 heteroatoms.